The molecule has 0 spiro atoms. The second-order valence-corrected chi connectivity index (χ2v) is 5.35. The number of aliphatic hydroxyl groups is 1. The van der Waals surface area contributed by atoms with Crippen molar-refractivity contribution in [2.45, 2.75) is 6.92 Å². The number of carbonyl (C=O) groups excluding carboxylic acids is 1. The molecule has 0 radical (unpaired) electrons. The maximum Gasteiger partial charge on any atom is 0.238 e. The molecule has 5 nitrogen and oxygen atoms in total. The van der Waals surface area contributed by atoms with Gasteiger partial charge in [0.1, 0.15) is 5.82 Å². The summed E-state index contributed by atoms with van der Waals surface area (Å²) in [5, 5.41) is 11.7. The van der Waals surface area contributed by atoms with E-state index in [4.69, 9.17) is 5.11 Å². The van der Waals surface area contributed by atoms with Gasteiger partial charge in [0.05, 0.1) is 13.2 Å². The van der Waals surface area contributed by atoms with Gasteiger partial charge < -0.3 is 10.4 Å². The summed E-state index contributed by atoms with van der Waals surface area (Å²) >= 11 is 0. The molecule has 1 fully saturated rings. The first-order chi connectivity index (χ1) is 10.1. The molecule has 1 aromatic carbocycles. The van der Waals surface area contributed by atoms with Gasteiger partial charge in [-0.05, 0) is 24.6 Å². The molecule has 0 unspecified atom stereocenters. The minimum Gasteiger partial charge on any atom is -0.395 e. The molecule has 2 rings (SSSR count). The predicted molar refractivity (Wildman–Crippen MR) is 79.7 cm³/mol. The number of nitrogens with zero attached hydrogens (tertiary/aromatic N) is 2. The molecule has 1 heterocycles. The van der Waals surface area contributed by atoms with E-state index in [9.17, 15) is 9.18 Å². The molecule has 0 saturated carbocycles. The van der Waals surface area contributed by atoms with Crippen molar-refractivity contribution in [3.8, 4) is 0 Å². The Balaban J connectivity index is 1.81. The molecule has 1 aromatic rings. The van der Waals surface area contributed by atoms with Crippen molar-refractivity contribution >= 4 is 11.6 Å². The van der Waals surface area contributed by atoms with E-state index in [1.807, 2.05) is 6.92 Å². The molecule has 6 heteroatoms. The molecular weight excluding hydrogens is 273 g/mol. The highest BCUT2D eigenvalue weighted by Gasteiger charge is 2.18. The summed E-state index contributed by atoms with van der Waals surface area (Å²) in [5.74, 6) is -0.479. The molecular formula is C15H22FN3O2. The fraction of sp³-hybridized carbons (Fsp3) is 0.533. The van der Waals surface area contributed by atoms with Gasteiger partial charge in [0, 0.05) is 38.4 Å². The van der Waals surface area contributed by atoms with Gasteiger partial charge in [0.15, 0.2) is 0 Å². The number of piperazine rings is 1. The Bertz CT molecular complexity index is 488. The van der Waals surface area contributed by atoms with Gasteiger partial charge in [-0.25, -0.2) is 4.39 Å². The van der Waals surface area contributed by atoms with Crippen molar-refractivity contribution in [2.24, 2.45) is 0 Å². The summed E-state index contributed by atoms with van der Waals surface area (Å²) in [7, 11) is 0. The zero-order chi connectivity index (χ0) is 15.2. The first-order valence-electron chi connectivity index (χ1n) is 7.20. The lowest BCUT2D eigenvalue weighted by Crippen LogP contribution is -2.49. The van der Waals surface area contributed by atoms with Crippen LogP contribution in [0.4, 0.5) is 10.1 Å². The zero-order valence-corrected chi connectivity index (χ0v) is 12.3. The molecule has 21 heavy (non-hydrogen) atoms. The number of halogens is 1. The van der Waals surface area contributed by atoms with Crippen LogP contribution in [0, 0.1) is 12.7 Å². The van der Waals surface area contributed by atoms with Crippen molar-refractivity contribution in [3.63, 3.8) is 0 Å². The SMILES string of the molecule is Cc1ccc(F)cc1NC(=O)CN1CCN(CCO)CC1. The van der Waals surface area contributed by atoms with Crippen LogP contribution in [-0.2, 0) is 4.79 Å². The summed E-state index contributed by atoms with van der Waals surface area (Å²) < 4.78 is 13.2. The topological polar surface area (TPSA) is 55.8 Å². The Kier molecular flexibility index (Phi) is 5.67. The van der Waals surface area contributed by atoms with Gasteiger partial charge in [-0.1, -0.05) is 6.07 Å². The number of benzene rings is 1. The number of β-amino-alcohol motifs (C(OH)–C–C–N with tert-alkyl or cyclic N) is 1. The van der Waals surface area contributed by atoms with Crippen molar-refractivity contribution in [2.75, 3.05) is 51.2 Å². The average Bonchev–Trinajstić information content (AvgIpc) is 2.45. The van der Waals surface area contributed by atoms with Gasteiger partial charge >= 0.3 is 0 Å². The summed E-state index contributed by atoms with van der Waals surface area (Å²) in [4.78, 5) is 16.3. The van der Waals surface area contributed by atoms with E-state index in [0.717, 1.165) is 31.7 Å². The lowest BCUT2D eigenvalue weighted by molar-refractivity contribution is -0.117. The molecule has 1 aliphatic rings. The van der Waals surface area contributed by atoms with Crippen LogP contribution in [0.3, 0.4) is 0 Å². The van der Waals surface area contributed by atoms with Gasteiger partial charge in [-0.2, -0.15) is 0 Å². The van der Waals surface area contributed by atoms with Crippen molar-refractivity contribution in [1.29, 1.82) is 0 Å². The van der Waals surface area contributed by atoms with E-state index >= 15 is 0 Å². The molecule has 1 amide bonds. The highest BCUT2D eigenvalue weighted by Crippen LogP contribution is 2.16. The molecule has 0 aromatic heterocycles. The molecule has 2 N–H and O–H groups in total. The van der Waals surface area contributed by atoms with Crippen molar-refractivity contribution in [1.82, 2.24) is 9.80 Å². The summed E-state index contributed by atoms with van der Waals surface area (Å²) in [5.41, 5.74) is 1.37. The van der Waals surface area contributed by atoms with E-state index in [0.29, 0.717) is 18.8 Å². The minimum atomic E-state index is -0.353. The number of carbonyl (C=O) groups is 1. The van der Waals surface area contributed by atoms with E-state index in [2.05, 4.69) is 15.1 Å². The van der Waals surface area contributed by atoms with Crippen LogP contribution in [0.25, 0.3) is 0 Å². The van der Waals surface area contributed by atoms with Gasteiger partial charge in [-0.15, -0.1) is 0 Å². The standard InChI is InChI=1S/C15H22FN3O2/c1-12-2-3-13(16)10-14(12)17-15(21)11-19-6-4-18(5-7-19)8-9-20/h2-3,10,20H,4-9,11H2,1H3,(H,17,21). The molecule has 0 atom stereocenters. The largest absolute Gasteiger partial charge is 0.395 e. The third-order valence-corrected chi connectivity index (χ3v) is 3.72. The predicted octanol–water partition coefficient (Wildman–Crippen LogP) is 0.683. The van der Waals surface area contributed by atoms with Crippen LogP contribution in [-0.4, -0.2) is 66.7 Å². The third kappa shape index (κ3) is 4.77. The monoisotopic (exact) mass is 295 g/mol. The zero-order valence-electron chi connectivity index (χ0n) is 12.3. The third-order valence-electron chi connectivity index (χ3n) is 3.72. The number of rotatable bonds is 5. The Labute approximate surface area is 124 Å². The smallest absolute Gasteiger partial charge is 0.238 e. The van der Waals surface area contributed by atoms with Gasteiger partial charge in [0.25, 0.3) is 0 Å². The number of aliphatic hydroxyl groups excluding tert-OH is 1. The fourth-order valence-electron chi connectivity index (χ4n) is 2.43. The minimum absolute atomic E-state index is 0.126. The maximum absolute atomic E-state index is 13.2. The maximum atomic E-state index is 13.2. The summed E-state index contributed by atoms with van der Waals surface area (Å²) in [6.07, 6.45) is 0. The van der Waals surface area contributed by atoms with E-state index < -0.39 is 0 Å². The second-order valence-electron chi connectivity index (χ2n) is 5.35. The molecule has 1 aliphatic heterocycles. The lowest BCUT2D eigenvalue weighted by atomic mass is 10.2. The quantitative estimate of drug-likeness (QED) is 0.839. The van der Waals surface area contributed by atoms with Crippen molar-refractivity contribution < 1.29 is 14.3 Å². The lowest BCUT2D eigenvalue weighted by Gasteiger charge is -2.33. The number of anilines is 1. The number of amides is 1. The van der Waals surface area contributed by atoms with E-state index in [-0.39, 0.29) is 18.3 Å². The van der Waals surface area contributed by atoms with Gasteiger partial charge in [-0.3, -0.25) is 14.6 Å². The summed E-state index contributed by atoms with van der Waals surface area (Å²) in [6, 6.07) is 4.37. The highest BCUT2D eigenvalue weighted by atomic mass is 19.1. The van der Waals surface area contributed by atoms with Crippen LogP contribution in [0.2, 0.25) is 0 Å². The van der Waals surface area contributed by atoms with E-state index in [1.54, 1.807) is 6.07 Å². The molecule has 116 valence electrons. The van der Waals surface area contributed by atoms with Crippen molar-refractivity contribution in [3.05, 3.63) is 29.6 Å². The number of hydrogen-bond acceptors (Lipinski definition) is 4. The first kappa shape index (κ1) is 15.9. The van der Waals surface area contributed by atoms with E-state index in [1.165, 1.54) is 12.1 Å². The summed E-state index contributed by atoms with van der Waals surface area (Å²) in [6.45, 7) is 6.30. The van der Waals surface area contributed by atoms with Crippen LogP contribution in [0.5, 0.6) is 0 Å². The van der Waals surface area contributed by atoms with Crippen LogP contribution >= 0.6 is 0 Å². The van der Waals surface area contributed by atoms with Gasteiger partial charge in [0.2, 0.25) is 5.91 Å². The number of aryl methyl sites for hydroxylation is 1. The Hall–Kier alpha value is -1.50. The van der Waals surface area contributed by atoms with Crippen LogP contribution < -0.4 is 5.32 Å². The van der Waals surface area contributed by atoms with Crippen LogP contribution in [0.1, 0.15) is 5.56 Å². The molecule has 1 saturated heterocycles. The Morgan fingerprint density at radius 2 is 1.95 bits per heavy atom. The second kappa shape index (κ2) is 7.49. The Morgan fingerprint density at radius 3 is 2.62 bits per heavy atom. The van der Waals surface area contributed by atoms with Crippen LogP contribution in [0.15, 0.2) is 18.2 Å². The average molecular weight is 295 g/mol. The number of nitrogens with one attached hydrogen (secondary N) is 1. The molecule has 0 aliphatic carbocycles. The first-order valence-corrected chi connectivity index (χ1v) is 7.20. The molecule has 0 bridgehead atoms. The normalized spacial score (nSPS) is 16.9. The highest BCUT2D eigenvalue weighted by molar-refractivity contribution is 5.92. The Morgan fingerprint density at radius 1 is 1.29 bits per heavy atom. The fourth-order valence-corrected chi connectivity index (χ4v) is 2.43. The number of hydrogen-bond donors (Lipinski definition) is 2.